The van der Waals surface area contributed by atoms with Gasteiger partial charge in [-0.15, -0.1) is 12.4 Å². The van der Waals surface area contributed by atoms with E-state index in [0.29, 0.717) is 12.5 Å². The zero-order chi connectivity index (χ0) is 13.9. The number of ether oxygens (including phenoxy) is 1. The number of nitrogens with two attached hydrogens (primary N) is 1. The smallest absolute Gasteiger partial charge is 0.307 e. The van der Waals surface area contributed by atoms with Crippen LogP contribution in [0.25, 0.3) is 0 Å². The Balaban J connectivity index is 0.00000200. The molecule has 0 unspecified atom stereocenters. The highest BCUT2D eigenvalue weighted by Gasteiger charge is 2.43. The van der Waals surface area contributed by atoms with Gasteiger partial charge in [0.1, 0.15) is 0 Å². The molecule has 5 nitrogen and oxygen atoms in total. The Morgan fingerprint density at radius 3 is 2.50 bits per heavy atom. The van der Waals surface area contributed by atoms with E-state index in [1.54, 1.807) is 0 Å². The molecule has 2 saturated carbocycles. The largest absolute Gasteiger partial charge is 0.469 e. The molecule has 0 heterocycles. The fraction of sp³-hybridized carbons (Fsp3) is 0.857. The minimum Gasteiger partial charge on any atom is -0.469 e. The molecule has 1 amide bonds. The average Bonchev–Trinajstić information content (AvgIpc) is 2.84. The molecule has 0 spiro atoms. The number of carbonyl (C=O) groups is 2. The first-order valence-electron chi connectivity index (χ1n) is 7.19. The lowest BCUT2D eigenvalue weighted by molar-refractivity contribution is -0.144. The molecule has 2 rings (SSSR count). The molecule has 6 heteroatoms. The van der Waals surface area contributed by atoms with Crippen LogP contribution >= 0.6 is 12.4 Å². The number of amides is 1. The van der Waals surface area contributed by atoms with Crippen molar-refractivity contribution in [3.8, 4) is 0 Å². The van der Waals surface area contributed by atoms with Crippen LogP contribution in [0.5, 0.6) is 0 Å². The van der Waals surface area contributed by atoms with Gasteiger partial charge in [0.05, 0.1) is 19.1 Å². The molecule has 2 atom stereocenters. The van der Waals surface area contributed by atoms with Crippen LogP contribution in [0.3, 0.4) is 0 Å². The van der Waals surface area contributed by atoms with Crippen molar-refractivity contribution < 1.29 is 14.3 Å². The Hall–Kier alpha value is -0.810. The molecule has 116 valence electrons. The molecule has 2 fully saturated rings. The van der Waals surface area contributed by atoms with Gasteiger partial charge in [-0.3, -0.25) is 9.59 Å². The van der Waals surface area contributed by atoms with E-state index in [0.717, 1.165) is 38.5 Å². The van der Waals surface area contributed by atoms with Gasteiger partial charge in [0.15, 0.2) is 0 Å². The van der Waals surface area contributed by atoms with Gasteiger partial charge >= 0.3 is 5.97 Å². The zero-order valence-corrected chi connectivity index (χ0v) is 12.8. The Morgan fingerprint density at radius 2 is 2.00 bits per heavy atom. The lowest BCUT2D eigenvalue weighted by Crippen LogP contribution is -2.56. The summed E-state index contributed by atoms with van der Waals surface area (Å²) in [6.07, 6.45) is 6.11. The van der Waals surface area contributed by atoms with Crippen molar-refractivity contribution in [3.63, 3.8) is 0 Å². The van der Waals surface area contributed by atoms with E-state index in [9.17, 15) is 9.59 Å². The number of halogens is 1. The van der Waals surface area contributed by atoms with Gasteiger partial charge in [-0.05, 0) is 44.6 Å². The molecule has 0 aromatic rings. The monoisotopic (exact) mass is 304 g/mol. The highest BCUT2D eigenvalue weighted by Crippen LogP contribution is 2.37. The number of hydrogen-bond donors (Lipinski definition) is 2. The van der Waals surface area contributed by atoms with Crippen molar-refractivity contribution in [1.29, 1.82) is 0 Å². The summed E-state index contributed by atoms with van der Waals surface area (Å²) in [5.41, 5.74) is 5.37. The third-order valence-corrected chi connectivity index (χ3v) is 4.71. The summed E-state index contributed by atoms with van der Waals surface area (Å²) in [6.45, 7) is 0.572. The van der Waals surface area contributed by atoms with E-state index in [-0.39, 0.29) is 42.2 Å². The first-order chi connectivity index (χ1) is 9.10. The van der Waals surface area contributed by atoms with E-state index in [1.165, 1.54) is 7.11 Å². The maximum absolute atomic E-state index is 12.4. The molecule has 0 aromatic carbocycles. The summed E-state index contributed by atoms with van der Waals surface area (Å²) >= 11 is 0. The molecule has 20 heavy (non-hydrogen) atoms. The van der Waals surface area contributed by atoms with Crippen LogP contribution in [0.15, 0.2) is 0 Å². The van der Waals surface area contributed by atoms with Crippen LogP contribution in [-0.4, -0.2) is 31.1 Å². The lowest BCUT2D eigenvalue weighted by atomic mass is 9.74. The normalized spacial score (nSPS) is 27.1. The van der Waals surface area contributed by atoms with Crippen LogP contribution in [0.4, 0.5) is 0 Å². The Kier molecular flexibility index (Phi) is 6.27. The molecule has 0 saturated heterocycles. The quantitative estimate of drug-likeness (QED) is 0.752. The van der Waals surface area contributed by atoms with E-state index in [4.69, 9.17) is 10.5 Å². The van der Waals surface area contributed by atoms with Gasteiger partial charge in [0.25, 0.3) is 0 Å². The molecule has 2 aliphatic carbocycles. The highest BCUT2D eigenvalue weighted by molar-refractivity contribution is 5.85. The number of methoxy groups -OCH3 is 1. The van der Waals surface area contributed by atoms with Crippen molar-refractivity contribution >= 4 is 24.3 Å². The van der Waals surface area contributed by atoms with Crippen LogP contribution < -0.4 is 11.1 Å². The van der Waals surface area contributed by atoms with E-state index >= 15 is 0 Å². The maximum atomic E-state index is 12.4. The maximum Gasteiger partial charge on any atom is 0.307 e. The molecule has 0 bridgehead atoms. The minimum absolute atomic E-state index is 0. The third-order valence-electron chi connectivity index (χ3n) is 4.71. The van der Waals surface area contributed by atoms with E-state index in [2.05, 4.69) is 5.32 Å². The number of nitrogens with one attached hydrogen (secondary N) is 1. The van der Waals surface area contributed by atoms with E-state index in [1.807, 2.05) is 0 Å². The SMILES string of the molecule is COC(=O)CC1(NC(=O)[C@@H]2CCC[C@@H]2CN)CCC1.Cl. The summed E-state index contributed by atoms with van der Waals surface area (Å²) in [4.78, 5) is 23.8. The zero-order valence-electron chi connectivity index (χ0n) is 12.0. The highest BCUT2D eigenvalue weighted by atomic mass is 35.5. The predicted octanol–water partition coefficient (Wildman–Crippen LogP) is 1.39. The van der Waals surface area contributed by atoms with Gasteiger partial charge in [-0.1, -0.05) is 6.42 Å². The van der Waals surface area contributed by atoms with Crippen LogP contribution in [0.1, 0.15) is 44.9 Å². The molecule has 0 aromatic heterocycles. The third kappa shape index (κ3) is 3.64. The van der Waals surface area contributed by atoms with Crippen molar-refractivity contribution in [2.45, 2.75) is 50.5 Å². The second kappa shape index (κ2) is 7.27. The minimum atomic E-state index is -0.355. The molecule has 0 radical (unpaired) electrons. The van der Waals surface area contributed by atoms with Gasteiger partial charge in [-0.2, -0.15) is 0 Å². The number of esters is 1. The van der Waals surface area contributed by atoms with Gasteiger partial charge < -0.3 is 15.8 Å². The summed E-state index contributed by atoms with van der Waals surface area (Å²) in [5.74, 6) is 0.161. The number of hydrogen-bond acceptors (Lipinski definition) is 4. The summed E-state index contributed by atoms with van der Waals surface area (Å²) in [5, 5.41) is 3.11. The summed E-state index contributed by atoms with van der Waals surface area (Å²) < 4.78 is 4.72. The molecule has 3 N–H and O–H groups in total. The second-order valence-corrected chi connectivity index (χ2v) is 5.91. The summed E-state index contributed by atoms with van der Waals surface area (Å²) in [7, 11) is 1.39. The fourth-order valence-corrected chi connectivity index (χ4v) is 3.32. The lowest BCUT2D eigenvalue weighted by Gasteiger charge is -2.42. The van der Waals surface area contributed by atoms with Crippen molar-refractivity contribution in [2.75, 3.05) is 13.7 Å². The second-order valence-electron chi connectivity index (χ2n) is 5.91. The number of carbonyl (C=O) groups excluding carboxylic acids is 2. The van der Waals surface area contributed by atoms with Crippen molar-refractivity contribution in [1.82, 2.24) is 5.32 Å². The molecule has 0 aliphatic heterocycles. The van der Waals surface area contributed by atoms with Crippen molar-refractivity contribution in [3.05, 3.63) is 0 Å². The van der Waals surface area contributed by atoms with Gasteiger partial charge in [0.2, 0.25) is 5.91 Å². The van der Waals surface area contributed by atoms with Crippen molar-refractivity contribution in [2.24, 2.45) is 17.6 Å². The molecular formula is C14H25ClN2O3. The topological polar surface area (TPSA) is 81.4 Å². The average molecular weight is 305 g/mol. The van der Waals surface area contributed by atoms with Gasteiger partial charge in [-0.25, -0.2) is 0 Å². The Labute approximate surface area is 126 Å². The van der Waals surface area contributed by atoms with Crippen LogP contribution in [0.2, 0.25) is 0 Å². The molecular weight excluding hydrogens is 280 g/mol. The van der Waals surface area contributed by atoms with Crippen LogP contribution in [-0.2, 0) is 14.3 Å². The molecule has 2 aliphatic rings. The Bertz CT molecular complexity index is 358. The predicted molar refractivity (Wildman–Crippen MR) is 78.5 cm³/mol. The van der Waals surface area contributed by atoms with E-state index < -0.39 is 0 Å². The fourth-order valence-electron chi connectivity index (χ4n) is 3.32. The van der Waals surface area contributed by atoms with Crippen LogP contribution in [0, 0.1) is 11.8 Å². The first kappa shape index (κ1) is 17.2. The number of rotatable bonds is 5. The Morgan fingerprint density at radius 1 is 1.30 bits per heavy atom. The van der Waals surface area contributed by atoms with Gasteiger partial charge in [0, 0.05) is 5.92 Å². The summed E-state index contributed by atoms with van der Waals surface area (Å²) in [6, 6.07) is 0. The standard InChI is InChI=1S/C14H24N2O3.ClH/c1-19-12(17)8-14(6-3-7-14)16-13(18)11-5-2-4-10(11)9-15;/h10-11H,2-9,15H2,1H3,(H,16,18);1H/t10-,11-;/m1./s1. The first-order valence-corrected chi connectivity index (χ1v) is 7.19.